The van der Waals surface area contributed by atoms with Gasteiger partial charge >= 0.3 is 0 Å². The lowest BCUT2D eigenvalue weighted by Gasteiger charge is -2.18. The van der Waals surface area contributed by atoms with Crippen LogP contribution >= 0.6 is 0 Å². The zero-order valence-electron chi connectivity index (χ0n) is 15.5. The van der Waals surface area contributed by atoms with Crippen LogP contribution in [0.3, 0.4) is 0 Å². The van der Waals surface area contributed by atoms with E-state index in [2.05, 4.69) is 19.9 Å². The van der Waals surface area contributed by atoms with Crippen LogP contribution in [0.15, 0.2) is 60.3 Å². The molecule has 0 spiro atoms. The van der Waals surface area contributed by atoms with Crippen LogP contribution in [-0.4, -0.2) is 45.6 Å². The maximum atomic E-state index is 12.5. The number of hydrogen-bond donors (Lipinski definition) is 0. The zero-order chi connectivity index (χ0) is 19.3. The lowest BCUT2D eigenvalue weighted by Crippen LogP contribution is -2.22. The standard InChI is InChI=1S/C19H23N5O2S/c1-3-27(25,26)19-21-11-18(24(19)12-16-7-5-4-6-8-16)14-23(2)13-17-9-10-20-15-22-17/h4-11,15H,3,12-14H2,1-2H3. The van der Waals surface area contributed by atoms with E-state index in [-0.39, 0.29) is 10.9 Å². The highest BCUT2D eigenvalue weighted by Gasteiger charge is 2.22. The summed E-state index contributed by atoms with van der Waals surface area (Å²) < 4.78 is 26.8. The Morgan fingerprint density at radius 2 is 1.85 bits per heavy atom. The van der Waals surface area contributed by atoms with Crippen LogP contribution in [0, 0.1) is 0 Å². The van der Waals surface area contributed by atoms with Gasteiger partial charge in [-0.25, -0.2) is 23.4 Å². The normalized spacial score (nSPS) is 11.8. The SMILES string of the molecule is CCS(=O)(=O)c1ncc(CN(C)Cc2ccncn2)n1Cc1ccccc1. The third-order valence-electron chi connectivity index (χ3n) is 4.25. The van der Waals surface area contributed by atoms with Crippen LogP contribution in [-0.2, 0) is 29.5 Å². The van der Waals surface area contributed by atoms with Gasteiger partial charge in [0.05, 0.1) is 29.9 Å². The highest BCUT2D eigenvalue weighted by Crippen LogP contribution is 2.17. The van der Waals surface area contributed by atoms with Crippen molar-refractivity contribution in [3.05, 3.63) is 72.1 Å². The van der Waals surface area contributed by atoms with Crippen molar-refractivity contribution in [3.63, 3.8) is 0 Å². The maximum absolute atomic E-state index is 12.5. The molecule has 0 saturated carbocycles. The van der Waals surface area contributed by atoms with Crippen molar-refractivity contribution >= 4 is 9.84 Å². The summed E-state index contributed by atoms with van der Waals surface area (Å²) in [5, 5.41) is 0.124. The van der Waals surface area contributed by atoms with Crippen molar-refractivity contribution in [3.8, 4) is 0 Å². The van der Waals surface area contributed by atoms with E-state index in [1.807, 2.05) is 43.4 Å². The van der Waals surface area contributed by atoms with Gasteiger partial charge < -0.3 is 4.57 Å². The second-order valence-corrected chi connectivity index (χ2v) is 8.55. The highest BCUT2D eigenvalue weighted by molar-refractivity contribution is 7.91. The number of imidazole rings is 1. The van der Waals surface area contributed by atoms with Crippen molar-refractivity contribution in [2.75, 3.05) is 12.8 Å². The Morgan fingerprint density at radius 1 is 1.07 bits per heavy atom. The lowest BCUT2D eigenvalue weighted by atomic mass is 10.2. The van der Waals surface area contributed by atoms with Crippen LogP contribution < -0.4 is 0 Å². The molecular formula is C19H23N5O2S. The monoisotopic (exact) mass is 385 g/mol. The third-order valence-corrected chi connectivity index (χ3v) is 5.89. The molecular weight excluding hydrogens is 362 g/mol. The number of benzene rings is 1. The number of sulfone groups is 1. The molecule has 27 heavy (non-hydrogen) atoms. The molecule has 0 N–H and O–H groups in total. The van der Waals surface area contributed by atoms with Crippen molar-refractivity contribution < 1.29 is 8.42 Å². The number of aromatic nitrogens is 4. The average Bonchev–Trinajstić information content (AvgIpc) is 3.06. The first-order chi connectivity index (χ1) is 13.0. The molecule has 1 aromatic carbocycles. The van der Waals surface area contributed by atoms with Crippen molar-refractivity contribution in [1.82, 2.24) is 24.4 Å². The van der Waals surface area contributed by atoms with E-state index in [1.165, 1.54) is 6.33 Å². The van der Waals surface area contributed by atoms with E-state index >= 15 is 0 Å². The molecule has 3 rings (SSSR count). The minimum atomic E-state index is -3.41. The summed E-state index contributed by atoms with van der Waals surface area (Å²) in [7, 11) is -1.44. The van der Waals surface area contributed by atoms with E-state index in [0.29, 0.717) is 19.6 Å². The van der Waals surface area contributed by atoms with Gasteiger partial charge in [-0.3, -0.25) is 4.90 Å². The smallest absolute Gasteiger partial charge is 0.228 e. The molecule has 0 radical (unpaired) electrons. The fourth-order valence-electron chi connectivity index (χ4n) is 2.85. The van der Waals surface area contributed by atoms with Gasteiger partial charge in [0, 0.05) is 19.3 Å². The second-order valence-electron chi connectivity index (χ2n) is 6.38. The molecule has 2 aromatic heterocycles. The Bertz CT molecular complexity index is 972. The molecule has 0 fully saturated rings. The van der Waals surface area contributed by atoms with Crippen molar-refractivity contribution in [2.45, 2.75) is 31.7 Å². The Morgan fingerprint density at radius 3 is 2.52 bits per heavy atom. The van der Waals surface area contributed by atoms with Gasteiger partial charge in [0.25, 0.3) is 0 Å². The number of nitrogens with zero attached hydrogens (tertiary/aromatic N) is 5. The molecule has 0 aliphatic heterocycles. The van der Waals surface area contributed by atoms with E-state index in [1.54, 1.807) is 23.9 Å². The molecule has 0 saturated heterocycles. The fourth-order valence-corrected chi connectivity index (χ4v) is 3.84. The molecule has 8 heteroatoms. The number of hydrogen-bond acceptors (Lipinski definition) is 6. The summed E-state index contributed by atoms with van der Waals surface area (Å²) in [6.45, 7) is 3.29. The topological polar surface area (TPSA) is 81.0 Å². The zero-order valence-corrected chi connectivity index (χ0v) is 16.3. The predicted molar refractivity (Wildman–Crippen MR) is 103 cm³/mol. The van der Waals surface area contributed by atoms with Gasteiger partial charge in [-0.05, 0) is 18.7 Å². The van der Waals surface area contributed by atoms with Gasteiger partial charge in [0.1, 0.15) is 6.33 Å². The Labute approximate surface area is 159 Å². The summed E-state index contributed by atoms with van der Waals surface area (Å²) in [5.74, 6) is 0.0228. The molecule has 0 bridgehead atoms. The predicted octanol–water partition coefficient (Wildman–Crippen LogP) is 2.15. The molecule has 0 amide bonds. The summed E-state index contributed by atoms with van der Waals surface area (Å²) in [5.41, 5.74) is 2.79. The highest BCUT2D eigenvalue weighted by atomic mass is 32.2. The molecule has 0 unspecified atom stereocenters. The van der Waals surface area contributed by atoms with Gasteiger partial charge in [0.2, 0.25) is 15.0 Å². The first-order valence-electron chi connectivity index (χ1n) is 8.74. The largest absolute Gasteiger partial charge is 0.313 e. The van der Waals surface area contributed by atoms with Crippen LogP contribution in [0.5, 0.6) is 0 Å². The second kappa shape index (κ2) is 8.41. The van der Waals surface area contributed by atoms with E-state index < -0.39 is 9.84 Å². The minimum absolute atomic E-state index is 0.0228. The molecule has 7 nitrogen and oxygen atoms in total. The first kappa shape index (κ1) is 19.2. The fraction of sp³-hybridized carbons (Fsp3) is 0.316. The first-order valence-corrected chi connectivity index (χ1v) is 10.4. The average molecular weight is 385 g/mol. The van der Waals surface area contributed by atoms with Crippen LogP contribution in [0.2, 0.25) is 0 Å². The van der Waals surface area contributed by atoms with Gasteiger partial charge in [-0.1, -0.05) is 37.3 Å². The van der Waals surface area contributed by atoms with E-state index in [0.717, 1.165) is 17.0 Å². The van der Waals surface area contributed by atoms with Crippen molar-refractivity contribution in [1.29, 1.82) is 0 Å². The van der Waals surface area contributed by atoms with Crippen LogP contribution in [0.25, 0.3) is 0 Å². The van der Waals surface area contributed by atoms with Gasteiger partial charge in [-0.15, -0.1) is 0 Å². The molecule has 3 aromatic rings. The lowest BCUT2D eigenvalue weighted by molar-refractivity contribution is 0.305. The Hall–Kier alpha value is -2.58. The Balaban J connectivity index is 1.88. The summed E-state index contributed by atoms with van der Waals surface area (Å²) in [4.78, 5) is 14.5. The summed E-state index contributed by atoms with van der Waals surface area (Å²) in [6, 6.07) is 11.7. The quantitative estimate of drug-likeness (QED) is 0.591. The molecule has 142 valence electrons. The van der Waals surface area contributed by atoms with Crippen LogP contribution in [0.4, 0.5) is 0 Å². The van der Waals surface area contributed by atoms with Crippen LogP contribution in [0.1, 0.15) is 23.9 Å². The molecule has 0 aliphatic carbocycles. The summed E-state index contributed by atoms with van der Waals surface area (Å²) in [6.07, 6.45) is 4.89. The maximum Gasteiger partial charge on any atom is 0.228 e. The van der Waals surface area contributed by atoms with Gasteiger partial charge in [0.15, 0.2) is 0 Å². The van der Waals surface area contributed by atoms with Crippen molar-refractivity contribution in [2.24, 2.45) is 0 Å². The Kier molecular flexibility index (Phi) is 5.98. The summed E-state index contributed by atoms with van der Waals surface area (Å²) >= 11 is 0. The molecule has 0 atom stereocenters. The van der Waals surface area contributed by atoms with Gasteiger partial charge in [-0.2, -0.15) is 0 Å². The third kappa shape index (κ3) is 4.78. The number of rotatable bonds is 8. The van der Waals surface area contributed by atoms with E-state index in [4.69, 9.17) is 0 Å². The molecule has 0 aliphatic rings. The molecule has 2 heterocycles. The van der Waals surface area contributed by atoms with E-state index in [9.17, 15) is 8.42 Å². The minimum Gasteiger partial charge on any atom is -0.313 e.